The van der Waals surface area contributed by atoms with Gasteiger partial charge >= 0.3 is 0 Å². The van der Waals surface area contributed by atoms with Gasteiger partial charge in [-0.15, -0.1) is 0 Å². The highest BCUT2D eigenvalue weighted by Crippen LogP contribution is 2.08. The minimum Gasteiger partial charge on any atom is -0.388 e. The van der Waals surface area contributed by atoms with Crippen molar-refractivity contribution in [2.45, 2.75) is 0 Å². The fourth-order valence-corrected chi connectivity index (χ4v) is 1.02. The van der Waals surface area contributed by atoms with Crippen LogP contribution in [-0.2, 0) is 0 Å². The molecule has 0 aliphatic carbocycles. The van der Waals surface area contributed by atoms with Crippen LogP contribution >= 0.6 is 0 Å². The Morgan fingerprint density at radius 1 is 1.33 bits per heavy atom. The lowest BCUT2D eigenvalue weighted by atomic mass is 10.1. The second-order valence-electron chi connectivity index (χ2n) is 2.36. The van der Waals surface area contributed by atoms with E-state index in [0.29, 0.717) is 0 Å². The molecule has 1 aromatic rings. The number of nitrogens with one attached hydrogen (secondary N) is 2. The SMILES string of the molecule is CN/C(=C\C=N)c1ccccc1. The van der Waals surface area contributed by atoms with E-state index in [0.717, 1.165) is 11.3 Å². The van der Waals surface area contributed by atoms with Gasteiger partial charge in [0.2, 0.25) is 0 Å². The summed E-state index contributed by atoms with van der Waals surface area (Å²) >= 11 is 0. The summed E-state index contributed by atoms with van der Waals surface area (Å²) in [5.74, 6) is 0. The van der Waals surface area contributed by atoms with E-state index in [4.69, 9.17) is 5.41 Å². The Labute approximate surface area is 72.4 Å². The van der Waals surface area contributed by atoms with Crippen molar-refractivity contribution in [2.24, 2.45) is 0 Å². The second kappa shape index (κ2) is 4.34. The molecule has 0 saturated heterocycles. The molecule has 0 aliphatic heterocycles. The van der Waals surface area contributed by atoms with Crippen LogP contribution in [0.2, 0.25) is 0 Å². The maximum Gasteiger partial charge on any atom is 0.0426 e. The van der Waals surface area contributed by atoms with E-state index in [1.165, 1.54) is 6.21 Å². The largest absolute Gasteiger partial charge is 0.388 e. The number of allylic oxidation sites excluding steroid dienone is 1. The van der Waals surface area contributed by atoms with E-state index in [2.05, 4.69) is 5.32 Å². The van der Waals surface area contributed by atoms with E-state index in [1.807, 2.05) is 37.4 Å². The Hall–Kier alpha value is -1.57. The predicted octanol–water partition coefficient (Wildman–Crippen LogP) is 1.90. The molecule has 1 aromatic carbocycles. The highest BCUT2D eigenvalue weighted by atomic mass is 14.8. The zero-order valence-electron chi connectivity index (χ0n) is 7.04. The summed E-state index contributed by atoms with van der Waals surface area (Å²) < 4.78 is 0. The van der Waals surface area contributed by atoms with Crippen LogP contribution in [0.4, 0.5) is 0 Å². The molecule has 0 atom stereocenters. The monoisotopic (exact) mass is 160 g/mol. The molecule has 0 radical (unpaired) electrons. The van der Waals surface area contributed by atoms with Gasteiger partial charge in [-0.1, -0.05) is 30.3 Å². The van der Waals surface area contributed by atoms with Crippen molar-refractivity contribution in [1.29, 1.82) is 5.41 Å². The first-order valence-corrected chi connectivity index (χ1v) is 3.82. The normalized spacial score (nSPS) is 10.9. The molecule has 2 N–H and O–H groups in total. The van der Waals surface area contributed by atoms with Gasteiger partial charge in [0.05, 0.1) is 0 Å². The molecule has 0 heterocycles. The first-order chi connectivity index (χ1) is 5.88. The summed E-state index contributed by atoms with van der Waals surface area (Å²) in [6.45, 7) is 0. The molecule has 0 bridgehead atoms. The smallest absolute Gasteiger partial charge is 0.0426 e. The molecule has 12 heavy (non-hydrogen) atoms. The second-order valence-corrected chi connectivity index (χ2v) is 2.36. The third-order valence-corrected chi connectivity index (χ3v) is 1.60. The van der Waals surface area contributed by atoms with Gasteiger partial charge in [0.25, 0.3) is 0 Å². The maximum absolute atomic E-state index is 6.94. The third-order valence-electron chi connectivity index (χ3n) is 1.60. The zero-order chi connectivity index (χ0) is 8.81. The summed E-state index contributed by atoms with van der Waals surface area (Å²) in [6.07, 6.45) is 3.01. The van der Waals surface area contributed by atoms with E-state index in [9.17, 15) is 0 Å². The molecule has 0 unspecified atom stereocenters. The summed E-state index contributed by atoms with van der Waals surface area (Å²) in [6, 6.07) is 9.94. The molecule has 2 nitrogen and oxygen atoms in total. The molecule has 0 fully saturated rings. The molecule has 0 amide bonds. The van der Waals surface area contributed by atoms with E-state index >= 15 is 0 Å². The predicted molar refractivity (Wildman–Crippen MR) is 52.3 cm³/mol. The molecule has 0 aromatic heterocycles. The molecular formula is C10H12N2. The van der Waals surface area contributed by atoms with E-state index in [1.54, 1.807) is 6.08 Å². The molecule has 0 spiro atoms. The Bertz CT molecular complexity index is 275. The van der Waals surface area contributed by atoms with Crippen LogP contribution in [0.1, 0.15) is 5.56 Å². The van der Waals surface area contributed by atoms with Crippen LogP contribution in [0.15, 0.2) is 36.4 Å². The topological polar surface area (TPSA) is 35.9 Å². The molecular weight excluding hydrogens is 148 g/mol. The molecule has 0 saturated carbocycles. The van der Waals surface area contributed by atoms with Crippen molar-refractivity contribution in [3.63, 3.8) is 0 Å². The lowest BCUT2D eigenvalue weighted by molar-refractivity contribution is 1.13. The number of benzene rings is 1. The van der Waals surface area contributed by atoms with Crippen LogP contribution in [0.5, 0.6) is 0 Å². The van der Waals surface area contributed by atoms with E-state index < -0.39 is 0 Å². The van der Waals surface area contributed by atoms with Crippen molar-refractivity contribution in [3.8, 4) is 0 Å². The standard InChI is InChI=1S/C10H12N2/c1-12-10(7-8-11)9-5-3-2-4-6-9/h2-8,11-12H,1H3/b10-7-,11-8?. The Balaban J connectivity index is 2.95. The molecule has 1 rings (SSSR count). The number of hydrogen-bond donors (Lipinski definition) is 2. The Morgan fingerprint density at radius 3 is 2.50 bits per heavy atom. The van der Waals surface area contributed by atoms with Gasteiger partial charge in [0.1, 0.15) is 0 Å². The van der Waals surface area contributed by atoms with Crippen molar-refractivity contribution in [2.75, 3.05) is 7.05 Å². The van der Waals surface area contributed by atoms with Crippen molar-refractivity contribution >= 4 is 11.9 Å². The van der Waals surface area contributed by atoms with Gasteiger partial charge in [-0.05, 0) is 11.6 Å². The van der Waals surface area contributed by atoms with Crippen molar-refractivity contribution in [3.05, 3.63) is 42.0 Å². The molecule has 62 valence electrons. The summed E-state index contributed by atoms with van der Waals surface area (Å²) in [4.78, 5) is 0. The zero-order valence-corrected chi connectivity index (χ0v) is 7.04. The lowest BCUT2D eigenvalue weighted by Crippen LogP contribution is -2.04. The quantitative estimate of drug-likeness (QED) is 0.651. The summed E-state index contributed by atoms with van der Waals surface area (Å²) in [7, 11) is 1.85. The maximum atomic E-state index is 6.94. The fraction of sp³-hybridized carbons (Fsp3) is 0.100. The van der Waals surface area contributed by atoms with Gasteiger partial charge < -0.3 is 10.7 Å². The Morgan fingerprint density at radius 2 is 2.00 bits per heavy atom. The van der Waals surface area contributed by atoms with Crippen LogP contribution in [0.25, 0.3) is 5.70 Å². The highest BCUT2D eigenvalue weighted by Gasteiger charge is 1.94. The number of hydrogen-bond acceptors (Lipinski definition) is 2. The molecule has 0 aliphatic rings. The average molecular weight is 160 g/mol. The number of rotatable bonds is 3. The van der Waals surface area contributed by atoms with Crippen molar-refractivity contribution in [1.82, 2.24) is 5.32 Å². The molecule has 2 heteroatoms. The van der Waals surface area contributed by atoms with Crippen LogP contribution in [0.3, 0.4) is 0 Å². The van der Waals surface area contributed by atoms with Crippen LogP contribution in [-0.4, -0.2) is 13.3 Å². The summed E-state index contributed by atoms with van der Waals surface area (Å²) in [5.41, 5.74) is 2.06. The minimum atomic E-state index is 0.964. The van der Waals surface area contributed by atoms with Crippen molar-refractivity contribution < 1.29 is 0 Å². The highest BCUT2D eigenvalue weighted by molar-refractivity contribution is 5.81. The minimum absolute atomic E-state index is 0.964. The first kappa shape index (κ1) is 8.53. The van der Waals surface area contributed by atoms with Crippen LogP contribution in [0, 0.1) is 5.41 Å². The van der Waals surface area contributed by atoms with Gasteiger partial charge in [0.15, 0.2) is 0 Å². The van der Waals surface area contributed by atoms with Gasteiger partial charge in [-0.3, -0.25) is 0 Å². The van der Waals surface area contributed by atoms with Gasteiger partial charge in [0, 0.05) is 19.0 Å². The summed E-state index contributed by atoms with van der Waals surface area (Å²) in [5, 5.41) is 9.97. The Kier molecular flexibility index (Phi) is 3.08. The lowest BCUT2D eigenvalue weighted by Gasteiger charge is -2.04. The third kappa shape index (κ3) is 1.95. The van der Waals surface area contributed by atoms with E-state index in [-0.39, 0.29) is 0 Å². The average Bonchev–Trinajstić information content (AvgIpc) is 2.15. The van der Waals surface area contributed by atoms with Gasteiger partial charge in [-0.2, -0.15) is 0 Å². The first-order valence-electron chi connectivity index (χ1n) is 3.82. The van der Waals surface area contributed by atoms with Gasteiger partial charge in [-0.25, -0.2) is 0 Å². The van der Waals surface area contributed by atoms with Crippen LogP contribution < -0.4 is 5.32 Å². The fourth-order valence-electron chi connectivity index (χ4n) is 1.02.